The van der Waals surface area contributed by atoms with E-state index in [4.69, 9.17) is 0 Å². The van der Waals surface area contributed by atoms with E-state index in [0.717, 1.165) is 24.5 Å². The zero-order valence-corrected chi connectivity index (χ0v) is 16.5. The van der Waals surface area contributed by atoms with E-state index >= 15 is 0 Å². The quantitative estimate of drug-likeness (QED) is 0.711. The average Bonchev–Trinajstić information content (AvgIpc) is 2.69. The molecule has 0 radical (unpaired) electrons. The number of nitrogens with zero attached hydrogens (tertiary/aromatic N) is 2. The summed E-state index contributed by atoms with van der Waals surface area (Å²) in [7, 11) is -3.39. The second-order valence-electron chi connectivity index (χ2n) is 6.19. The van der Waals surface area contributed by atoms with Gasteiger partial charge in [0.15, 0.2) is 0 Å². The predicted octanol–water partition coefficient (Wildman–Crippen LogP) is 3.43. The van der Waals surface area contributed by atoms with E-state index in [0.29, 0.717) is 18.0 Å². The highest BCUT2D eigenvalue weighted by atomic mass is 32.2. The molecule has 0 atom stereocenters. The number of rotatable bonds is 6. The molecule has 2 aromatic carbocycles. The predicted molar refractivity (Wildman–Crippen MR) is 109 cm³/mol. The minimum Gasteiger partial charge on any atom is -0.297 e. The molecule has 1 heterocycles. The maximum atomic E-state index is 12.8. The zero-order valence-electron chi connectivity index (χ0n) is 14.9. The Bertz CT molecular complexity index is 826. The Hall–Kier alpha value is -1.60. The number of hydrogen-bond acceptors (Lipinski definition) is 4. The molecule has 0 saturated carbocycles. The van der Waals surface area contributed by atoms with E-state index in [1.807, 2.05) is 36.6 Å². The molecular formula is C20H24N2O2S2. The van der Waals surface area contributed by atoms with Crippen molar-refractivity contribution in [3.05, 3.63) is 66.2 Å². The van der Waals surface area contributed by atoms with Crippen LogP contribution >= 0.6 is 11.8 Å². The largest absolute Gasteiger partial charge is 0.297 e. The van der Waals surface area contributed by atoms with Gasteiger partial charge in [0.05, 0.1) is 4.90 Å². The molecule has 6 heteroatoms. The van der Waals surface area contributed by atoms with Gasteiger partial charge in [-0.05, 0) is 36.1 Å². The maximum Gasteiger partial charge on any atom is 0.243 e. The van der Waals surface area contributed by atoms with Crippen LogP contribution in [-0.4, -0.2) is 56.6 Å². The van der Waals surface area contributed by atoms with Crippen LogP contribution in [0, 0.1) is 0 Å². The van der Waals surface area contributed by atoms with E-state index in [2.05, 4.69) is 29.2 Å². The number of hydrogen-bond donors (Lipinski definition) is 0. The smallest absolute Gasteiger partial charge is 0.243 e. The Balaban J connectivity index is 1.54. The van der Waals surface area contributed by atoms with E-state index in [1.54, 1.807) is 28.2 Å². The fourth-order valence-electron chi connectivity index (χ4n) is 2.95. The van der Waals surface area contributed by atoms with Crippen molar-refractivity contribution in [2.24, 2.45) is 0 Å². The van der Waals surface area contributed by atoms with Crippen molar-refractivity contribution in [1.82, 2.24) is 9.21 Å². The van der Waals surface area contributed by atoms with Gasteiger partial charge in [0.25, 0.3) is 0 Å². The van der Waals surface area contributed by atoms with Crippen molar-refractivity contribution in [2.45, 2.75) is 9.79 Å². The third-order valence-corrected chi connectivity index (χ3v) is 7.16. The molecule has 26 heavy (non-hydrogen) atoms. The molecule has 0 aliphatic carbocycles. The first-order chi connectivity index (χ1) is 12.6. The summed E-state index contributed by atoms with van der Waals surface area (Å²) in [6.07, 6.45) is 6.23. The van der Waals surface area contributed by atoms with E-state index < -0.39 is 10.0 Å². The fourth-order valence-corrected chi connectivity index (χ4v) is 4.78. The molecule has 138 valence electrons. The molecule has 1 fully saturated rings. The summed E-state index contributed by atoms with van der Waals surface area (Å²) >= 11 is 1.61. The molecule has 1 aliphatic rings. The molecule has 2 aromatic rings. The second-order valence-corrected chi connectivity index (χ2v) is 9.01. The monoisotopic (exact) mass is 388 g/mol. The lowest BCUT2D eigenvalue weighted by molar-refractivity contribution is 0.204. The fraction of sp³-hybridized carbons (Fsp3) is 0.300. The number of thioether (sulfide) groups is 1. The highest BCUT2D eigenvalue weighted by Crippen LogP contribution is 2.21. The lowest BCUT2D eigenvalue weighted by Gasteiger charge is -2.33. The zero-order chi connectivity index (χ0) is 18.4. The Morgan fingerprint density at radius 1 is 0.962 bits per heavy atom. The van der Waals surface area contributed by atoms with Gasteiger partial charge in [0, 0.05) is 37.6 Å². The summed E-state index contributed by atoms with van der Waals surface area (Å²) in [6, 6.07) is 17.3. The molecule has 0 amide bonds. The van der Waals surface area contributed by atoms with Gasteiger partial charge in [-0.1, -0.05) is 42.5 Å². The van der Waals surface area contributed by atoms with Gasteiger partial charge in [0.1, 0.15) is 0 Å². The molecule has 0 aromatic heterocycles. The van der Waals surface area contributed by atoms with Crippen LogP contribution in [0.15, 0.2) is 70.5 Å². The van der Waals surface area contributed by atoms with Gasteiger partial charge in [-0.2, -0.15) is 4.31 Å². The van der Waals surface area contributed by atoms with Crippen molar-refractivity contribution < 1.29 is 8.42 Å². The summed E-state index contributed by atoms with van der Waals surface area (Å²) in [5.41, 5.74) is 1.18. The van der Waals surface area contributed by atoms with Gasteiger partial charge in [0.2, 0.25) is 10.0 Å². The van der Waals surface area contributed by atoms with Crippen molar-refractivity contribution in [2.75, 3.05) is 39.0 Å². The van der Waals surface area contributed by atoms with E-state index in [9.17, 15) is 8.42 Å². The summed E-state index contributed by atoms with van der Waals surface area (Å²) in [6.45, 7) is 3.41. The summed E-state index contributed by atoms with van der Waals surface area (Å²) in [4.78, 5) is 3.73. The standard InChI is InChI=1S/C20H24N2O2S2/c1-25-19-9-11-20(12-10-19)26(23,24)22-16-14-21(15-17-22)13-5-8-18-6-3-2-4-7-18/h2-12H,13-17H2,1H3/b8-5+. The SMILES string of the molecule is CSc1ccc(S(=O)(=O)N2CCN(C/C=C/c3ccccc3)CC2)cc1. The van der Waals surface area contributed by atoms with Gasteiger partial charge in [-0.15, -0.1) is 11.8 Å². The van der Waals surface area contributed by atoms with Crippen LogP contribution in [0.2, 0.25) is 0 Å². The molecule has 1 saturated heterocycles. The van der Waals surface area contributed by atoms with E-state index in [1.165, 1.54) is 5.56 Å². The number of piperazine rings is 1. The summed E-state index contributed by atoms with van der Waals surface area (Å²) in [5, 5.41) is 0. The molecule has 1 aliphatic heterocycles. The molecule has 3 rings (SSSR count). The van der Waals surface area contributed by atoms with Crippen LogP contribution in [0.4, 0.5) is 0 Å². The summed E-state index contributed by atoms with van der Waals surface area (Å²) < 4.78 is 27.2. The van der Waals surface area contributed by atoms with Crippen molar-refractivity contribution in [3.63, 3.8) is 0 Å². The molecule has 0 unspecified atom stereocenters. The van der Waals surface area contributed by atoms with Crippen molar-refractivity contribution in [1.29, 1.82) is 0 Å². The van der Waals surface area contributed by atoms with Gasteiger partial charge in [-0.3, -0.25) is 4.90 Å². The van der Waals surface area contributed by atoms with Crippen LogP contribution in [0.3, 0.4) is 0 Å². The topological polar surface area (TPSA) is 40.6 Å². The minimum atomic E-state index is -3.39. The Kier molecular flexibility index (Phi) is 6.53. The van der Waals surface area contributed by atoms with Crippen LogP contribution in [-0.2, 0) is 10.0 Å². The molecule has 4 nitrogen and oxygen atoms in total. The highest BCUT2D eigenvalue weighted by Gasteiger charge is 2.27. The lowest BCUT2D eigenvalue weighted by atomic mass is 10.2. The van der Waals surface area contributed by atoms with Crippen molar-refractivity contribution >= 4 is 27.9 Å². The van der Waals surface area contributed by atoms with Gasteiger partial charge >= 0.3 is 0 Å². The normalized spacial score (nSPS) is 17.0. The highest BCUT2D eigenvalue weighted by molar-refractivity contribution is 7.98. The van der Waals surface area contributed by atoms with Gasteiger partial charge in [-0.25, -0.2) is 8.42 Å². The Morgan fingerprint density at radius 3 is 2.23 bits per heavy atom. The first kappa shape index (κ1) is 19.2. The molecule has 0 N–H and O–H groups in total. The Labute approximate surface area is 160 Å². The lowest BCUT2D eigenvalue weighted by Crippen LogP contribution is -2.48. The van der Waals surface area contributed by atoms with Crippen LogP contribution in [0.1, 0.15) is 5.56 Å². The third-order valence-electron chi connectivity index (χ3n) is 4.50. The molecule has 0 bridgehead atoms. The summed E-state index contributed by atoms with van der Waals surface area (Å²) in [5.74, 6) is 0. The van der Waals surface area contributed by atoms with Crippen LogP contribution in [0.25, 0.3) is 6.08 Å². The first-order valence-electron chi connectivity index (χ1n) is 8.68. The molecular weight excluding hydrogens is 364 g/mol. The Morgan fingerprint density at radius 2 is 1.62 bits per heavy atom. The third kappa shape index (κ3) is 4.76. The number of sulfonamides is 1. The number of benzene rings is 2. The second kappa shape index (κ2) is 8.86. The van der Waals surface area contributed by atoms with Crippen molar-refractivity contribution in [3.8, 4) is 0 Å². The molecule has 0 spiro atoms. The van der Waals surface area contributed by atoms with Crippen LogP contribution < -0.4 is 0 Å². The van der Waals surface area contributed by atoms with Gasteiger partial charge < -0.3 is 0 Å². The first-order valence-corrected chi connectivity index (χ1v) is 11.3. The maximum absolute atomic E-state index is 12.8. The minimum absolute atomic E-state index is 0.382. The average molecular weight is 389 g/mol. The van der Waals surface area contributed by atoms with Crippen LogP contribution in [0.5, 0.6) is 0 Å². The van der Waals surface area contributed by atoms with E-state index in [-0.39, 0.29) is 0 Å².